The van der Waals surface area contributed by atoms with E-state index in [1.165, 1.54) is 16.8 Å². The van der Waals surface area contributed by atoms with Gasteiger partial charge < -0.3 is 10.2 Å². The monoisotopic (exact) mass is 206 g/mol. The Labute approximate surface area is 93.3 Å². The number of nitrogens with zero attached hydrogens (tertiary/aromatic N) is 1. The maximum Gasteiger partial charge on any atom is 0.0406 e. The van der Waals surface area contributed by atoms with Crippen molar-refractivity contribution in [1.82, 2.24) is 5.32 Å². The Hall–Kier alpha value is -1.02. The van der Waals surface area contributed by atoms with E-state index < -0.39 is 0 Å². The molecular weight excluding hydrogens is 184 g/mol. The lowest BCUT2D eigenvalue weighted by Crippen LogP contribution is -2.23. The first-order chi connectivity index (χ1) is 7.00. The smallest absolute Gasteiger partial charge is 0.0406 e. The summed E-state index contributed by atoms with van der Waals surface area (Å²) in [7, 11) is 4.17. The molecule has 1 aromatic carbocycles. The third-order valence-electron chi connectivity index (χ3n) is 2.42. The van der Waals surface area contributed by atoms with Gasteiger partial charge in [0.15, 0.2) is 0 Å². The fraction of sp³-hybridized carbons (Fsp3) is 0.538. The Kier molecular flexibility index (Phi) is 4.15. The predicted molar refractivity (Wildman–Crippen MR) is 67.5 cm³/mol. The minimum atomic E-state index is 0.528. The van der Waals surface area contributed by atoms with E-state index in [1.807, 2.05) is 0 Å². The highest BCUT2D eigenvalue weighted by Gasteiger charge is 2.04. The molecule has 84 valence electrons. The molecule has 0 aliphatic carbocycles. The highest BCUT2D eigenvalue weighted by Crippen LogP contribution is 2.19. The number of nitrogens with one attached hydrogen (secondary N) is 1. The van der Waals surface area contributed by atoms with Crippen molar-refractivity contribution in [2.24, 2.45) is 0 Å². The summed E-state index contributed by atoms with van der Waals surface area (Å²) >= 11 is 0. The molecule has 1 N–H and O–H groups in total. The molecule has 0 unspecified atom stereocenters. The number of aryl methyl sites for hydroxylation is 1. The lowest BCUT2D eigenvalue weighted by Gasteiger charge is -2.19. The summed E-state index contributed by atoms with van der Waals surface area (Å²) in [6.45, 7) is 7.42. The second-order valence-corrected chi connectivity index (χ2v) is 4.56. The molecule has 0 saturated heterocycles. The Bertz CT molecular complexity index is 316. The van der Waals surface area contributed by atoms with Crippen LogP contribution in [0.3, 0.4) is 0 Å². The van der Waals surface area contributed by atoms with Crippen LogP contribution < -0.4 is 10.2 Å². The van der Waals surface area contributed by atoms with Crippen LogP contribution in [0.4, 0.5) is 5.69 Å². The van der Waals surface area contributed by atoms with Crippen LogP contribution in [0.2, 0.25) is 0 Å². The summed E-state index contributed by atoms with van der Waals surface area (Å²) in [6, 6.07) is 7.13. The second kappa shape index (κ2) is 5.17. The molecule has 0 atom stereocenters. The zero-order valence-corrected chi connectivity index (χ0v) is 10.5. The van der Waals surface area contributed by atoms with E-state index in [4.69, 9.17) is 0 Å². The minimum Gasteiger partial charge on any atom is -0.377 e. The molecule has 0 bridgehead atoms. The van der Waals surface area contributed by atoms with Gasteiger partial charge in [0.1, 0.15) is 0 Å². The largest absolute Gasteiger partial charge is 0.377 e. The summed E-state index contributed by atoms with van der Waals surface area (Å²) in [5.41, 5.74) is 3.99. The van der Waals surface area contributed by atoms with Crippen LogP contribution in [0, 0.1) is 6.92 Å². The summed E-state index contributed by atoms with van der Waals surface area (Å²) in [4.78, 5) is 2.16. The average molecular weight is 206 g/mol. The van der Waals surface area contributed by atoms with Crippen LogP contribution in [0.5, 0.6) is 0 Å². The highest BCUT2D eigenvalue weighted by molar-refractivity contribution is 5.53. The fourth-order valence-electron chi connectivity index (χ4n) is 1.61. The summed E-state index contributed by atoms with van der Waals surface area (Å²) in [5.74, 6) is 0. The summed E-state index contributed by atoms with van der Waals surface area (Å²) in [6.07, 6.45) is 0. The number of hydrogen-bond acceptors (Lipinski definition) is 2. The van der Waals surface area contributed by atoms with Gasteiger partial charge in [-0.05, 0) is 18.6 Å². The van der Waals surface area contributed by atoms with Crippen molar-refractivity contribution in [3.05, 3.63) is 29.3 Å². The molecule has 0 saturated carbocycles. The maximum absolute atomic E-state index is 3.46. The molecule has 0 aliphatic rings. The van der Waals surface area contributed by atoms with Crippen LogP contribution in [0.15, 0.2) is 18.2 Å². The molecular formula is C13H22N2. The van der Waals surface area contributed by atoms with Crippen LogP contribution in [-0.2, 0) is 6.54 Å². The van der Waals surface area contributed by atoms with Gasteiger partial charge in [0.25, 0.3) is 0 Å². The topological polar surface area (TPSA) is 15.3 Å². The molecule has 0 fully saturated rings. The summed E-state index contributed by atoms with van der Waals surface area (Å²) in [5, 5.41) is 3.46. The zero-order valence-electron chi connectivity index (χ0n) is 10.5. The molecule has 2 nitrogen and oxygen atoms in total. The maximum atomic E-state index is 3.46. The van der Waals surface area contributed by atoms with Crippen molar-refractivity contribution in [2.45, 2.75) is 33.4 Å². The first-order valence-corrected chi connectivity index (χ1v) is 5.51. The van der Waals surface area contributed by atoms with Crippen molar-refractivity contribution in [2.75, 3.05) is 19.0 Å². The van der Waals surface area contributed by atoms with Crippen molar-refractivity contribution in [1.29, 1.82) is 0 Å². The Morgan fingerprint density at radius 3 is 2.47 bits per heavy atom. The van der Waals surface area contributed by atoms with Gasteiger partial charge in [0.05, 0.1) is 0 Å². The number of benzene rings is 1. The first-order valence-electron chi connectivity index (χ1n) is 5.51. The molecule has 0 radical (unpaired) electrons. The quantitative estimate of drug-likeness (QED) is 0.814. The van der Waals surface area contributed by atoms with Crippen molar-refractivity contribution >= 4 is 5.69 Å². The molecule has 1 aromatic rings. The van der Waals surface area contributed by atoms with Gasteiger partial charge in [0.2, 0.25) is 0 Å². The molecule has 1 rings (SSSR count). The van der Waals surface area contributed by atoms with Crippen LogP contribution in [-0.4, -0.2) is 20.1 Å². The van der Waals surface area contributed by atoms with E-state index in [0.29, 0.717) is 6.04 Å². The van der Waals surface area contributed by atoms with Crippen LogP contribution in [0.25, 0.3) is 0 Å². The molecule has 0 amide bonds. The molecule has 2 heteroatoms. The average Bonchev–Trinajstić information content (AvgIpc) is 2.14. The van der Waals surface area contributed by atoms with Crippen molar-refractivity contribution in [3.8, 4) is 0 Å². The fourth-order valence-corrected chi connectivity index (χ4v) is 1.61. The Morgan fingerprint density at radius 2 is 1.93 bits per heavy atom. The third-order valence-corrected chi connectivity index (χ3v) is 2.42. The van der Waals surface area contributed by atoms with Gasteiger partial charge in [-0.25, -0.2) is 0 Å². The highest BCUT2D eigenvalue weighted by atomic mass is 15.1. The third kappa shape index (κ3) is 3.56. The normalized spacial score (nSPS) is 10.8. The van der Waals surface area contributed by atoms with Crippen molar-refractivity contribution in [3.63, 3.8) is 0 Å². The van der Waals surface area contributed by atoms with E-state index in [1.54, 1.807) is 0 Å². The van der Waals surface area contributed by atoms with Crippen LogP contribution >= 0.6 is 0 Å². The minimum absolute atomic E-state index is 0.528. The molecule has 0 heterocycles. The first kappa shape index (κ1) is 12.1. The second-order valence-electron chi connectivity index (χ2n) is 4.56. The van der Waals surface area contributed by atoms with Gasteiger partial charge in [-0.3, -0.25) is 0 Å². The molecule has 0 aliphatic heterocycles. The van der Waals surface area contributed by atoms with Crippen LogP contribution in [0.1, 0.15) is 25.0 Å². The van der Waals surface area contributed by atoms with E-state index in [-0.39, 0.29) is 0 Å². The molecule has 15 heavy (non-hydrogen) atoms. The predicted octanol–water partition coefficient (Wildman–Crippen LogP) is 2.56. The Morgan fingerprint density at radius 1 is 1.27 bits per heavy atom. The van der Waals surface area contributed by atoms with Crippen molar-refractivity contribution < 1.29 is 0 Å². The number of anilines is 1. The van der Waals surface area contributed by atoms with Gasteiger partial charge >= 0.3 is 0 Å². The van der Waals surface area contributed by atoms with E-state index in [9.17, 15) is 0 Å². The number of rotatable bonds is 4. The Balaban J connectivity index is 2.87. The van der Waals surface area contributed by atoms with Gasteiger partial charge in [-0.2, -0.15) is 0 Å². The van der Waals surface area contributed by atoms with Gasteiger partial charge in [0, 0.05) is 32.4 Å². The zero-order chi connectivity index (χ0) is 11.4. The van der Waals surface area contributed by atoms with Gasteiger partial charge in [-0.15, -0.1) is 0 Å². The van der Waals surface area contributed by atoms with Gasteiger partial charge in [-0.1, -0.05) is 31.5 Å². The standard InChI is InChI=1S/C13H22N2/c1-10(2)14-9-12-8-11(3)6-7-13(12)15(4)5/h6-8,10,14H,9H2,1-5H3. The lowest BCUT2D eigenvalue weighted by molar-refractivity contribution is 0.588. The van der Waals surface area contributed by atoms with E-state index in [2.05, 4.69) is 63.3 Å². The molecule has 0 spiro atoms. The summed E-state index contributed by atoms with van der Waals surface area (Å²) < 4.78 is 0. The molecule has 0 aromatic heterocycles. The number of hydrogen-bond donors (Lipinski definition) is 1. The lowest BCUT2D eigenvalue weighted by atomic mass is 10.1. The SMILES string of the molecule is Cc1ccc(N(C)C)c(CNC(C)C)c1. The van der Waals surface area contributed by atoms with E-state index >= 15 is 0 Å². The van der Waals surface area contributed by atoms with E-state index in [0.717, 1.165) is 6.54 Å².